The first-order chi connectivity index (χ1) is 23.1. The average molecular weight is 711 g/mol. The first-order valence-corrected chi connectivity index (χ1v) is 21.4. The molecule has 0 radical (unpaired) electrons. The maximum Gasteiger partial charge on any atom is 0.327 e. The fourth-order valence-corrected chi connectivity index (χ4v) is 7.86. The standard InChI is InChI=1S/C46H79O3P/c1-14-15-16-17-18-19-20-21-22-23-24-25-26-27-32-46(35-49-50(47)48,38-30-28-36(42(2,3)4)33-40(38)44(8,9)10)39-31-29-37(43(5,6)7)34-41(39)45(11,12)13/h28-31,33-34,47-48H,14-27,32,35H2,1-13H3. The zero-order valence-electron chi connectivity index (χ0n) is 35.0. The van der Waals surface area contributed by atoms with E-state index in [0.29, 0.717) is 0 Å². The van der Waals surface area contributed by atoms with Crippen molar-refractivity contribution in [3.05, 3.63) is 69.8 Å². The average Bonchev–Trinajstić information content (AvgIpc) is 3.00. The molecule has 0 saturated heterocycles. The van der Waals surface area contributed by atoms with Crippen LogP contribution in [0.4, 0.5) is 0 Å². The molecule has 0 amide bonds. The van der Waals surface area contributed by atoms with E-state index in [1.165, 1.54) is 117 Å². The maximum atomic E-state index is 10.3. The molecule has 50 heavy (non-hydrogen) atoms. The highest BCUT2D eigenvalue weighted by molar-refractivity contribution is 7.39. The molecule has 0 atom stereocenters. The molecule has 0 aliphatic rings. The van der Waals surface area contributed by atoms with Crippen molar-refractivity contribution in [1.82, 2.24) is 0 Å². The van der Waals surface area contributed by atoms with Gasteiger partial charge in [-0.1, -0.05) is 216 Å². The van der Waals surface area contributed by atoms with Gasteiger partial charge in [-0.2, -0.15) is 0 Å². The lowest BCUT2D eigenvalue weighted by Gasteiger charge is -2.43. The second kappa shape index (κ2) is 19.7. The minimum Gasteiger partial charge on any atom is -0.328 e. The summed E-state index contributed by atoms with van der Waals surface area (Å²) in [7, 11) is -2.51. The zero-order valence-corrected chi connectivity index (χ0v) is 35.9. The molecule has 0 unspecified atom stereocenters. The minimum atomic E-state index is -2.51. The van der Waals surface area contributed by atoms with E-state index in [4.69, 9.17) is 4.52 Å². The lowest BCUT2D eigenvalue weighted by molar-refractivity contribution is 0.194. The lowest BCUT2D eigenvalue weighted by atomic mass is 9.62. The van der Waals surface area contributed by atoms with E-state index in [1.54, 1.807) is 0 Å². The van der Waals surface area contributed by atoms with Crippen LogP contribution in [0.25, 0.3) is 0 Å². The predicted molar refractivity (Wildman–Crippen MR) is 221 cm³/mol. The first-order valence-electron chi connectivity index (χ1n) is 20.3. The van der Waals surface area contributed by atoms with Gasteiger partial charge in [-0.15, -0.1) is 0 Å². The van der Waals surface area contributed by atoms with E-state index in [1.807, 2.05) is 0 Å². The molecule has 2 aromatic carbocycles. The van der Waals surface area contributed by atoms with E-state index >= 15 is 0 Å². The minimum absolute atomic E-state index is 0.0156. The van der Waals surface area contributed by atoms with Gasteiger partial charge < -0.3 is 14.3 Å². The van der Waals surface area contributed by atoms with Gasteiger partial charge in [0.1, 0.15) is 0 Å². The highest BCUT2D eigenvalue weighted by atomic mass is 31.2. The largest absolute Gasteiger partial charge is 0.328 e. The Bertz CT molecular complexity index is 1190. The summed E-state index contributed by atoms with van der Waals surface area (Å²) in [5.41, 5.74) is 7.06. The lowest BCUT2D eigenvalue weighted by Crippen LogP contribution is -2.38. The van der Waals surface area contributed by atoms with Gasteiger partial charge in [0.25, 0.3) is 0 Å². The number of rotatable bonds is 20. The predicted octanol–water partition coefficient (Wildman–Crippen LogP) is 14.3. The van der Waals surface area contributed by atoms with Crippen molar-refractivity contribution < 1.29 is 14.3 Å². The monoisotopic (exact) mass is 711 g/mol. The van der Waals surface area contributed by atoms with Crippen molar-refractivity contribution >= 4 is 8.60 Å². The van der Waals surface area contributed by atoms with Crippen LogP contribution in [0.3, 0.4) is 0 Å². The van der Waals surface area contributed by atoms with Gasteiger partial charge in [0.05, 0.1) is 6.61 Å². The zero-order chi connectivity index (χ0) is 37.8. The Kier molecular flexibility index (Phi) is 17.7. The van der Waals surface area contributed by atoms with Gasteiger partial charge in [-0.25, -0.2) is 0 Å². The molecular formula is C46H79O3P. The van der Waals surface area contributed by atoms with Crippen LogP contribution in [0.15, 0.2) is 36.4 Å². The summed E-state index contributed by atoms with van der Waals surface area (Å²) in [6.07, 6.45) is 19.4. The number of hydrogen-bond donors (Lipinski definition) is 2. The summed E-state index contributed by atoms with van der Waals surface area (Å²) in [6, 6.07) is 14.2. The van der Waals surface area contributed by atoms with Gasteiger partial charge in [0, 0.05) is 5.41 Å². The van der Waals surface area contributed by atoms with Crippen molar-refractivity contribution in [2.45, 2.75) is 213 Å². The van der Waals surface area contributed by atoms with Crippen LogP contribution in [0, 0.1) is 0 Å². The molecule has 0 fully saturated rings. The summed E-state index contributed by atoms with van der Waals surface area (Å²) in [5, 5.41) is 0. The summed E-state index contributed by atoms with van der Waals surface area (Å²) >= 11 is 0. The van der Waals surface area contributed by atoms with Crippen LogP contribution < -0.4 is 0 Å². The first kappa shape index (κ1) is 44.9. The van der Waals surface area contributed by atoms with Gasteiger partial charge in [-0.05, 0) is 61.5 Å². The SMILES string of the molecule is CCCCCCCCCCCCCCCCC(COP(O)O)(c1ccc(C(C)(C)C)cc1C(C)(C)C)c1ccc(C(C)(C)C)cc1C(C)(C)C. The Morgan fingerprint density at radius 1 is 0.460 bits per heavy atom. The molecule has 0 saturated carbocycles. The fourth-order valence-electron chi connectivity index (χ4n) is 7.53. The molecule has 0 aliphatic heterocycles. The normalized spacial score (nSPS) is 13.4. The summed E-state index contributed by atoms with van der Waals surface area (Å²) < 4.78 is 5.99. The van der Waals surface area contributed by atoms with Gasteiger partial charge >= 0.3 is 8.60 Å². The molecule has 0 aliphatic carbocycles. The van der Waals surface area contributed by atoms with E-state index in [9.17, 15) is 9.79 Å². The molecule has 4 heteroatoms. The third-order valence-corrected chi connectivity index (χ3v) is 11.2. The number of benzene rings is 2. The maximum absolute atomic E-state index is 10.3. The molecule has 3 nitrogen and oxygen atoms in total. The van der Waals surface area contributed by atoms with E-state index < -0.39 is 14.0 Å². The highest BCUT2D eigenvalue weighted by Gasteiger charge is 2.42. The van der Waals surface area contributed by atoms with Crippen molar-refractivity contribution in [3.8, 4) is 0 Å². The van der Waals surface area contributed by atoms with Crippen LogP contribution in [0.1, 0.15) is 220 Å². The quantitative estimate of drug-likeness (QED) is 0.106. The topological polar surface area (TPSA) is 49.7 Å². The molecule has 0 heterocycles. The Morgan fingerprint density at radius 2 is 0.800 bits per heavy atom. The third-order valence-electron chi connectivity index (χ3n) is 10.8. The molecule has 286 valence electrons. The van der Waals surface area contributed by atoms with E-state index in [-0.39, 0.29) is 28.3 Å². The van der Waals surface area contributed by atoms with Crippen LogP contribution in [0.2, 0.25) is 0 Å². The molecular weight excluding hydrogens is 631 g/mol. The number of unbranched alkanes of at least 4 members (excludes halogenated alkanes) is 13. The van der Waals surface area contributed by atoms with Gasteiger partial charge in [0.15, 0.2) is 0 Å². The van der Waals surface area contributed by atoms with Crippen molar-refractivity contribution in [2.75, 3.05) is 6.61 Å². The second-order valence-electron chi connectivity index (χ2n) is 19.5. The van der Waals surface area contributed by atoms with Crippen molar-refractivity contribution in [3.63, 3.8) is 0 Å². The van der Waals surface area contributed by atoms with E-state index in [2.05, 4.69) is 126 Å². The van der Waals surface area contributed by atoms with Crippen molar-refractivity contribution in [1.29, 1.82) is 0 Å². The Labute approximate surface area is 311 Å². The molecule has 2 rings (SSSR count). The Balaban J connectivity index is 2.52. The molecule has 0 aromatic heterocycles. The van der Waals surface area contributed by atoms with Crippen LogP contribution in [0.5, 0.6) is 0 Å². The second-order valence-corrected chi connectivity index (χ2v) is 20.2. The molecule has 2 N–H and O–H groups in total. The van der Waals surface area contributed by atoms with Crippen LogP contribution >= 0.6 is 8.60 Å². The van der Waals surface area contributed by atoms with Gasteiger partial charge in [0.2, 0.25) is 0 Å². The molecule has 0 spiro atoms. The number of hydrogen-bond acceptors (Lipinski definition) is 3. The highest BCUT2D eigenvalue weighted by Crippen LogP contribution is 2.49. The Hall–Kier alpha value is -1.25. The van der Waals surface area contributed by atoms with Gasteiger partial charge in [-0.3, -0.25) is 0 Å². The fraction of sp³-hybridized carbons (Fsp3) is 0.739. The van der Waals surface area contributed by atoms with E-state index in [0.717, 1.165) is 12.8 Å². The van der Waals surface area contributed by atoms with Crippen LogP contribution in [-0.2, 0) is 31.6 Å². The Morgan fingerprint density at radius 3 is 1.10 bits per heavy atom. The van der Waals surface area contributed by atoms with Crippen LogP contribution in [-0.4, -0.2) is 16.4 Å². The summed E-state index contributed by atoms with van der Waals surface area (Å²) in [5.74, 6) is 0. The summed E-state index contributed by atoms with van der Waals surface area (Å²) in [6.45, 7) is 30.1. The molecule has 2 aromatic rings. The molecule has 0 bridgehead atoms. The third kappa shape index (κ3) is 14.0. The smallest absolute Gasteiger partial charge is 0.327 e. The summed E-state index contributed by atoms with van der Waals surface area (Å²) in [4.78, 5) is 20.5. The van der Waals surface area contributed by atoms with Crippen molar-refractivity contribution in [2.24, 2.45) is 0 Å².